The first kappa shape index (κ1) is 13.1. The van der Waals surface area contributed by atoms with Gasteiger partial charge in [-0.2, -0.15) is 0 Å². The predicted molar refractivity (Wildman–Crippen MR) is 71.4 cm³/mol. The van der Waals surface area contributed by atoms with Crippen LogP contribution in [0.3, 0.4) is 0 Å². The molecule has 90 valence electrons. The second kappa shape index (κ2) is 6.56. The van der Waals surface area contributed by atoms with Crippen LogP contribution in [0.5, 0.6) is 0 Å². The van der Waals surface area contributed by atoms with Crippen molar-refractivity contribution in [2.75, 3.05) is 0 Å². The first-order chi connectivity index (χ1) is 8.35. The third-order valence-electron chi connectivity index (χ3n) is 3.40. The average molecular weight is 262 g/mol. The molecule has 0 atom stereocenters. The second-order valence-electron chi connectivity index (χ2n) is 4.85. The first-order valence-electron chi connectivity index (χ1n) is 6.89. The molecule has 0 nitrogen and oxygen atoms in total. The van der Waals surface area contributed by atoms with E-state index >= 15 is 0 Å². The van der Waals surface area contributed by atoms with Crippen LogP contribution in [0.4, 0.5) is 0 Å². The summed E-state index contributed by atoms with van der Waals surface area (Å²) in [5.74, 6) is 0. The quantitative estimate of drug-likeness (QED) is 0.584. The first-order valence-corrected chi connectivity index (χ1v) is 8.45. The van der Waals surface area contributed by atoms with E-state index in [9.17, 15) is 0 Å². The minimum absolute atomic E-state index is 0.000648. The topological polar surface area (TPSA) is 0 Å². The normalized spacial score (nSPS) is 18.7. The molecule has 0 aliphatic heterocycles. The van der Waals surface area contributed by atoms with Crippen molar-refractivity contribution in [1.29, 1.82) is 0 Å². The summed E-state index contributed by atoms with van der Waals surface area (Å²) >= 11 is -0.000648. The molecule has 0 heterocycles. The zero-order valence-electron chi connectivity index (χ0n) is 11.1. The minimum atomic E-state index is -0.000648. The van der Waals surface area contributed by atoms with Crippen molar-refractivity contribution >= 4 is 0 Å². The molecule has 17 heavy (non-hydrogen) atoms. The van der Waals surface area contributed by atoms with Crippen LogP contribution in [-0.2, 0) is 19.2 Å². The van der Waals surface area contributed by atoms with Crippen molar-refractivity contribution in [3.05, 3.63) is 43.2 Å². The zero-order valence-corrected chi connectivity index (χ0v) is 12.6. The van der Waals surface area contributed by atoms with Gasteiger partial charge in [-0.25, -0.2) is 0 Å². The van der Waals surface area contributed by atoms with Crippen LogP contribution in [0.15, 0.2) is 43.2 Å². The number of hydrogen-bond acceptors (Lipinski definition) is 0. The molecule has 0 saturated heterocycles. The van der Waals surface area contributed by atoms with Gasteiger partial charge in [0.1, 0.15) is 0 Å². The Labute approximate surface area is 114 Å². The van der Waals surface area contributed by atoms with Crippen LogP contribution < -0.4 is 0 Å². The summed E-state index contributed by atoms with van der Waals surface area (Å²) in [5.41, 5.74) is 3.34. The van der Waals surface area contributed by atoms with E-state index in [4.69, 9.17) is 0 Å². The van der Waals surface area contributed by atoms with Crippen molar-refractivity contribution in [2.24, 2.45) is 0 Å². The van der Waals surface area contributed by atoms with E-state index in [1.54, 1.807) is 18.9 Å². The number of rotatable bonds is 6. The Hall–Kier alpha value is -0.326. The van der Waals surface area contributed by atoms with E-state index in [1.807, 2.05) is 0 Å². The van der Waals surface area contributed by atoms with Crippen LogP contribution in [0.1, 0.15) is 52.4 Å². The van der Waals surface area contributed by atoms with Crippen LogP contribution in [-0.4, -0.2) is 0 Å². The van der Waals surface area contributed by atoms with Crippen LogP contribution in [0.25, 0.3) is 0 Å². The molecule has 0 aromatic carbocycles. The molecule has 0 saturated carbocycles. The molecule has 0 spiro atoms. The molecule has 0 N–H and O–H groups in total. The van der Waals surface area contributed by atoms with Crippen molar-refractivity contribution < 1.29 is 19.2 Å². The Bertz CT molecular complexity index is 356. The summed E-state index contributed by atoms with van der Waals surface area (Å²) in [7, 11) is 0. The summed E-state index contributed by atoms with van der Waals surface area (Å²) < 4.78 is 3.61. The van der Waals surface area contributed by atoms with Gasteiger partial charge in [0.15, 0.2) is 0 Å². The summed E-state index contributed by atoms with van der Waals surface area (Å²) in [5, 5.41) is 0. The van der Waals surface area contributed by atoms with Gasteiger partial charge >= 0.3 is 115 Å². The van der Waals surface area contributed by atoms with Crippen LogP contribution >= 0.6 is 0 Å². The molecule has 0 bridgehead atoms. The third-order valence-corrected chi connectivity index (χ3v) is 5.98. The van der Waals surface area contributed by atoms with E-state index in [2.05, 4.69) is 38.2 Å². The Morgan fingerprint density at radius 3 is 1.76 bits per heavy atom. The van der Waals surface area contributed by atoms with Gasteiger partial charge in [0.05, 0.1) is 0 Å². The SMILES string of the molecule is CCCC1=[C]([Ti][C]2=C(CCC)C=CC2)CC=C1. The predicted octanol–water partition coefficient (Wildman–Crippen LogP) is 5.10. The van der Waals surface area contributed by atoms with Crippen LogP contribution in [0.2, 0.25) is 0 Å². The number of allylic oxidation sites excluding steroid dienone is 8. The van der Waals surface area contributed by atoms with E-state index in [1.165, 1.54) is 38.5 Å². The van der Waals surface area contributed by atoms with E-state index in [-0.39, 0.29) is 19.2 Å². The van der Waals surface area contributed by atoms with Crippen molar-refractivity contribution in [1.82, 2.24) is 0 Å². The fourth-order valence-electron chi connectivity index (χ4n) is 2.55. The Morgan fingerprint density at radius 1 is 0.882 bits per heavy atom. The fourth-order valence-corrected chi connectivity index (χ4v) is 4.96. The van der Waals surface area contributed by atoms with Crippen LogP contribution in [0, 0.1) is 0 Å². The van der Waals surface area contributed by atoms with Gasteiger partial charge < -0.3 is 0 Å². The van der Waals surface area contributed by atoms with Crippen molar-refractivity contribution in [3.8, 4) is 0 Å². The standard InChI is InChI=1S/2C8H11.Ti/c2*1-2-5-8-6-3-4-7-8;/h2*3,6H,2,4-5H2,1H3;. The van der Waals surface area contributed by atoms with Gasteiger partial charge in [0.25, 0.3) is 0 Å². The molecular formula is C16H22Ti. The van der Waals surface area contributed by atoms with Gasteiger partial charge in [0.2, 0.25) is 0 Å². The molecule has 0 aromatic heterocycles. The van der Waals surface area contributed by atoms with Gasteiger partial charge in [-0.05, 0) is 0 Å². The maximum absolute atomic E-state index is 2.38. The summed E-state index contributed by atoms with van der Waals surface area (Å²) in [4.78, 5) is 0. The third kappa shape index (κ3) is 3.33. The van der Waals surface area contributed by atoms with E-state index < -0.39 is 0 Å². The second-order valence-corrected chi connectivity index (χ2v) is 7.12. The molecular weight excluding hydrogens is 240 g/mol. The monoisotopic (exact) mass is 262 g/mol. The maximum atomic E-state index is 2.38. The molecule has 0 aromatic rings. The molecule has 2 aliphatic carbocycles. The van der Waals surface area contributed by atoms with E-state index in [0.29, 0.717) is 0 Å². The van der Waals surface area contributed by atoms with E-state index in [0.717, 1.165) is 0 Å². The molecule has 0 radical (unpaired) electrons. The molecule has 0 unspecified atom stereocenters. The average Bonchev–Trinajstić information content (AvgIpc) is 2.92. The summed E-state index contributed by atoms with van der Waals surface area (Å²) in [6, 6.07) is 0. The van der Waals surface area contributed by atoms with Gasteiger partial charge in [-0.3, -0.25) is 0 Å². The molecule has 0 amide bonds. The zero-order chi connectivity index (χ0) is 12.1. The van der Waals surface area contributed by atoms with Crippen molar-refractivity contribution in [3.63, 3.8) is 0 Å². The summed E-state index contributed by atoms with van der Waals surface area (Å²) in [6.45, 7) is 4.57. The molecule has 2 rings (SSSR count). The number of hydrogen-bond donors (Lipinski definition) is 0. The Morgan fingerprint density at radius 2 is 1.35 bits per heavy atom. The Balaban J connectivity index is 2.06. The molecule has 0 fully saturated rings. The van der Waals surface area contributed by atoms with Crippen molar-refractivity contribution in [2.45, 2.75) is 52.4 Å². The fraction of sp³-hybridized carbons (Fsp3) is 0.500. The molecule has 1 heteroatoms. The van der Waals surface area contributed by atoms with Gasteiger partial charge in [-0.15, -0.1) is 0 Å². The van der Waals surface area contributed by atoms with Gasteiger partial charge in [-0.1, -0.05) is 0 Å². The Kier molecular flexibility index (Phi) is 5.06. The summed E-state index contributed by atoms with van der Waals surface area (Å²) in [6.07, 6.45) is 17.1. The molecule has 2 aliphatic rings. The van der Waals surface area contributed by atoms with Gasteiger partial charge in [0, 0.05) is 0 Å².